The molecule has 2 aromatic rings. The Hall–Kier alpha value is -1.06. The Morgan fingerprint density at radius 1 is 1.33 bits per heavy atom. The van der Waals surface area contributed by atoms with Gasteiger partial charge in [0.25, 0.3) is 0 Å². The largest absolute Gasteiger partial charge is 0.350 e. The van der Waals surface area contributed by atoms with Gasteiger partial charge in [-0.1, -0.05) is 6.07 Å². The minimum absolute atomic E-state index is 0.942. The molecule has 0 atom stereocenters. The first-order valence-corrected chi connectivity index (χ1v) is 6.09. The normalized spacial score (nSPS) is 10.7. The highest BCUT2D eigenvalue weighted by Crippen LogP contribution is 2.11. The zero-order chi connectivity index (χ0) is 10.5. The van der Waals surface area contributed by atoms with Gasteiger partial charge in [-0.25, -0.2) is 0 Å². The molecule has 0 spiro atoms. The third kappa shape index (κ3) is 2.70. The van der Waals surface area contributed by atoms with Crippen LogP contribution in [0.2, 0.25) is 0 Å². The highest BCUT2D eigenvalue weighted by atomic mass is 32.1. The van der Waals surface area contributed by atoms with Crippen molar-refractivity contribution in [2.24, 2.45) is 0 Å². The van der Waals surface area contributed by atoms with Crippen molar-refractivity contribution in [1.82, 2.24) is 9.88 Å². The second-order valence-electron chi connectivity index (χ2n) is 3.55. The molecule has 2 heterocycles. The van der Waals surface area contributed by atoms with Crippen molar-refractivity contribution < 1.29 is 0 Å². The maximum atomic E-state index is 3.19. The van der Waals surface area contributed by atoms with Gasteiger partial charge in [-0.15, -0.1) is 11.3 Å². The second kappa shape index (κ2) is 5.14. The SMILES string of the molecule is CNCc1cccn1CCc1cccs1. The van der Waals surface area contributed by atoms with E-state index >= 15 is 0 Å². The lowest BCUT2D eigenvalue weighted by molar-refractivity contribution is 0.643. The van der Waals surface area contributed by atoms with Gasteiger partial charge in [-0.3, -0.25) is 0 Å². The highest BCUT2D eigenvalue weighted by Gasteiger charge is 2.00. The Morgan fingerprint density at radius 3 is 3.00 bits per heavy atom. The quantitative estimate of drug-likeness (QED) is 0.819. The Labute approximate surface area is 94.6 Å². The van der Waals surface area contributed by atoms with E-state index in [0.29, 0.717) is 0 Å². The molecule has 2 rings (SSSR count). The average molecular weight is 220 g/mol. The molecule has 0 bridgehead atoms. The predicted molar refractivity (Wildman–Crippen MR) is 65.2 cm³/mol. The fourth-order valence-electron chi connectivity index (χ4n) is 1.69. The molecule has 2 aromatic heterocycles. The van der Waals surface area contributed by atoms with Crippen molar-refractivity contribution in [3.05, 3.63) is 46.4 Å². The lowest BCUT2D eigenvalue weighted by Crippen LogP contribution is -2.11. The first-order valence-electron chi connectivity index (χ1n) is 5.21. The van der Waals surface area contributed by atoms with Gasteiger partial charge in [0, 0.05) is 29.9 Å². The van der Waals surface area contributed by atoms with E-state index in [1.54, 1.807) is 0 Å². The topological polar surface area (TPSA) is 17.0 Å². The van der Waals surface area contributed by atoms with Gasteiger partial charge in [0.2, 0.25) is 0 Å². The summed E-state index contributed by atoms with van der Waals surface area (Å²) in [5, 5.41) is 5.32. The van der Waals surface area contributed by atoms with Gasteiger partial charge in [0.05, 0.1) is 0 Å². The molecule has 2 nitrogen and oxygen atoms in total. The van der Waals surface area contributed by atoms with Crippen LogP contribution >= 0.6 is 11.3 Å². The summed E-state index contributed by atoms with van der Waals surface area (Å²) in [6.07, 6.45) is 3.28. The van der Waals surface area contributed by atoms with Crippen LogP contribution in [-0.4, -0.2) is 11.6 Å². The molecule has 3 heteroatoms. The number of aromatic nitrogens is 1. The lowest BCUT2D eigenvalue weighted by atomic mass is 10.3. The molecule has 0 saturated heterocycles. The summed E-state index contributed by atoms with van der Waals surface area (Å²) in [5.74, 6) is 0. The van der Waals surface area contributed by atoms with E-state index in [4.69, 9.17) is 0 Å². The van der Waals surface area contributed by atoms with Crippen molar-refractivity contribution in [2.45, 2.75) is 19.5 Å². The summed E-state index contributed by atoms with van der Waals surface area (Å²) < 4.78 is 2.32. The molecule has 0 radical (unpaired) electrons. The number of thiophene rings is 1. The fraction of sp³-hybridized carbons (Fsp3) is 0.333. The maximum Gasteiger partial charge on any atom is 0.0356 e. The van der Waals surface area contributed by atoms with Gasteiger partial charge in [-0.05, 0) is 37.0 Å². The first kappa shape index (κ1) is 10.5. The number of rotatable bonds is 5. The summed E-state index contributed by atoms with van der Waals surface area (Å²) >= 11 is 1.84. The highest BCUT2D eigenvalue weighted by molar-refractivity contribution is 7.09. The Morgan fingerprint density at radius 2 is 2.27 bits per heavy atom. The number of hydrogen-bond donors (Lipinski definition) is 1. The van der Waals surface area contributed by atoms with Crippen LogP contribution in [0, 0.1) is 0 Å². The number of aryl methyl sites for hydroxylation is 2. The van der Waals surface area contributed by atoms with Crippen LogP contribution in [-0.2, 0) is 19.5 Å². The molecule has 0 aromatic carbocycles. The van der Waals surface area contributed by atoms with Crippen molar-refractivity contribution in [2.75, 3.05) is 7.05 Å². The van der Waals surface area contributed by atoms with E-state index in [1.165, 1.54) is 10.6 Å². The van der Waals surface area contributed by atoms with Crippen molar-refractivity contribution in [1.29, 1.82) is 0 Å². The Bertz CT molecular complexity index is 389. The number of nitrogens with zero attached hydrogens (tertiary/aromatic N) is 1. The van der Waals surface area contributed by atoms with Gasteiger partial charge < -0.3 is 9.88 Å². The molecule has 1 N–H and O–H groups in total. The summed E-state index contributed by atoms with van der Waals surface area (Å²) in [6, 6.07) is 8.60. The number of nitrogens with one attached hydrogen (secondary N) is 1. The molecule has 0 amide bonds. The Balaban J connectivity index is 1.95. The van der Waals surface area contributed by atoms with Crippen molar-refractivity contribution in [3.63, 3.8) is 0 Å². The second-order valence-corrected chi connectivity index (χ2v) is 4.58. The van der Waals surface area contributed by atoms with E-state index in [-0.39, 0.29) is 0 Å². The predicted octanol–water partition coefficient (Wildman–Crippen LogP) is 2.51. The molecular weight excluding hydrogens is 204 g/mol. The van der Waals surface area contributed by atoms with Gasteiger partial charge in [-0.2, -0.15) is 0 Å². The zero-order valence-electron chi connectivity index (χ0n) is 8.94. The summed E-state index contributed by atoms with van der Waals surface area (Å²) in [5.41, 5.74) is 1.36. The van der Waals surface area contributed by atoms with Gasteiger partial charge in [0.1, 0.15) is 0 Å². The van der Waals surface area contributed by atoms with Gasteiger partial charge >= 0.3 is 0 Å². The van der Waals surface area contributed by atoms with E-state index in [1.807, 2.05) is 18.4 Å². The average Bonchev–Trinajstić information content (AvgIpc) is 2.85. The van der Waals surface area contributed by atoms with Crippen LogP contribution in [0.4, 0.5) is 0 Å². The third-order valence-electron chi connectivity index (χ3n) is 2.46. The zero-order valence-corrected chi connectivity index (χ0v) is 9.76. The summed E-state index contributed by atoms with van der Waals surface area (Å²) in [7, 11) is 1.98. The molecule has 0 fully saturated rings. The number of hydrogen-bond acceptors (Lipinski definition) is 2. The smallest absolute Gasteiger partial charge is 0.0356 e. The van der Waals surface area contributed by atoms with E-state index < -0.39 is 0 Å². The first-order chi connectivity index (χ1) is 7.40. The van der Waals surface area contributed by atoms with E-state index in [2.05, 4.69) is 45.7 Å². The molecular formula is C12H16N2S. The van der Waals surface area contributed by atoms with Crippen molar-refractivity contribution in [3.8, 4) is 0 Å². The standard InChI is InChI=1S/C12H16N2S/c1-13-10-11-4-2-7-14(11)8-6-12-5-3-9-15-12/h2-5,7,9,13H,6,8,10H2,1H3. The van der Waals surface area contributed by atoms with Crippen LogP contribution in [0.25, 0.3) is 0 Å². The molecule has 0 saturated carbocycles. The van der Waals surface area contributed by atoms with Crippen LogP contribution in [0.3, 0.4) is 0 Å². The molecule has 80 valence electrons. The van der Waals surface area contributed by atoms with E-state index in [9.17, 15) is 0 Å². The van der Waals surface area contributed by atoms with Crippen LogP contribution in [0.1, 0.15) is 10.6 Å². The fourth-order valence-corrected chi connectivity index (χ4v) is 2.39. The van der Waals surface area contributed by atoms with E-state index in [0.717, 1.165) is 19.5 Å². The van der Waals surface area contributed by atoms with Crippen LogP contribution in [0.15, 0.2) is 35.8 Å². The maximum absolute atomic E-state index is 3.19. The molecule has 0 aliphatic heterocycles. The summed E-state index contributed by atoms with van der Waals surface area (Å²) in [6.45, 7) is 2.02. The monoisotopic (exact) mass is 220 g/mol. The molecule has 0 unspecified atom stereocenters. The third-order valence-corrected chi connectivity index (χ3v) is 3.40. The lowest BCUT2D eigenvalue weighted by Gasteiger charge is -2.07. The molecule has 0 aliphatic carbocycles. The minimum atomic E-state index is 0.942. The molecule has 0 aliphatic rings. The van der Waals surface area contributed by atoms with Crippen LogP contribution < -0.4 is 5.32 Å². The Kier molecular flexibility index (Phi) is 3.59. The minimum Gasteiger partial charge on any atom is -0.350 e. The summed E-state index contributed by atoms with van der Waals surface area (Å²) in [4.78, 5) is 1.46. The molecule has 15 heavy (non-hydrogen) atoms. The van der Waals surface area contributed by atoms with Gasteiger partial charge in [0.15, 0.2) is 0 Å². The van der Waals surface area contributed by atoms with Crippen LogP contribution in [0.5, 0.6) is 0 Å². The van der Waals surface area contributed by atoms with Crippen molar-refractivity contribution >= 4 is 11.3 Å².